The van der Waals surface area contributed by atoms with E-state index in [1.807, 2.05) is 0 Å². The van der Waals surface area contributed by atoms with Gasteiger partial charge in [-0.05, 0) is 24.1 Å². The lowest BCUT2D eigenvalue weighted by molar-refractivity contribution is 0.254. The molecule has 0 spiro atoms. The predicted octanol–water partition coefficient (Wildman–Crippen LogP) is -0.888. The summed E-state index contributed by atoms with van der Waals surface area (Å²) in [7, 11) is -9.22. The molecule has 0 aliphatic carbocycles. The molecular formula is C19H24N10O5S2. The van der Waals surface area contributed by atoms with E-state index < -0.39 is 47.3 Å². The minimum Gasteiger partial charge on any atom is -0.395 e. The average Bonchev–Trinajstić information content (AvgIpc) is 3.42. The number of hydrogen-bond acceptors (Lipinski definition) is 10. The van der Waals surface area contributed by atoms with Gasteiger partial charge in [0.05, 0.1) is 17.6 Å². The molecule has 0 unspecified atom stereocenters. The van der Waals surface area contributed by atoms with E-state index in [9.17, 15) is 21.9 Å². The third-order valence-corrected chi connectivity index (χ3v) is 8.36. The van der Waals surface area contributed by atoms with Crippen LogP contribution in [0, 0.1) is 5.41 Å². The maximum Gasteiger partial charge on any atom is 0.242 e. The maximum atomic E-state index is 13.3. The third kappa shape index (κ3) is 4.79. The highest BCUT2D eigenvalue weighted by atomic mass is 32.2. The molecule has 0 radical (unpaired) electrons. The van der Waals surface area contributed by atoms with Crippen LogP contribution in [0.4, 0.5) is 5.95 Å². The van der Waals surface area contributed by atoms with Crippen molar-refractivity contribution in [3.8, 4) is 11.1 Å². The lowest BCUT2D eigenvalue weighted by Crippen LogP contribution is -2.37. The normalized spacial score (nSPS) is 18.8. The topological polar surface area (TPSA) is 268 Å². The number of nitrogen functional groups attached to an aromatic ring is 1. The molecule has 15 nitrogen and oxygen atoms in total. The molecule has 2 heterocycles. The summed E-state index contributed by atoms with van der Waals surface area (Å²) in [6.45, 7) is 0.0316. The number of primary sulfonamides is 1. The van der Waals surface area contributed by atoms with Crippen molar-refractivity contribution in [3.05, 3.63) is 35.9 Å². The first-order chi connectivity index (χ1) is 17.0. The van der Waals surface area contributed by atoms with Crippen molar-refractivity contribution < 1.29 is 21.9 Å². The van der Waals surface area contributed by atoms with Gasteiger partial charge < -0.3 is 27.0 Å². The lowest BCUT2D eigenvalue weighted by Gasteiger charge is -2.19. The number of fused-ring (bicyclic) bond motifs is 1. The SMILES string of the molecule is N=C(N=NN)c1c(-c2cccc3[nH]c(N)nc23)ccc(S(=O)(=O)N[C@H]2CN[C@@H](CO)C2)c1S(N)(=O)=O. The summed E-state index contributed by atoms with van der Waals surface area (Å²) >= 11 is 0. The molecule has 1 aliphatic rings. The van der Waals surface area contributed by atoms with Gasteiger partial charge >= 0.3 is 0 Å². The molecule has 1 aliphatic heterocycles. The van der Waals surface area contributed by atoms with Crippen LogP contribution < -0.4 is 26.8 Å². The highest BCUT2D eigenvalue weighted by Crippen LogP contribution is 2.37. The summed E-state index contributed by atoms with van der Waals surface area (Å²) in [6.07, 6.45) is 0.283. The molecule has 2 atom stereocenters. The summed E-state index contributed by atoms with van der Waals surface area (Å²) in [5, 5.41) is 32.6. The number of benzene rings is 2. The molecule has 3 aromatic rings. The number of nitrogens with zero attached hydrogens (tertiary/aromatic N) is 3. The minimum atomic E-state index is -4.75. The van der Waals surface area contributed by atoms with Crippen LogP contribution in [-0.2, 0) is 20.0 Å². The Morgan fingerprint density at radius 2 is 1.97 bits per heavy atom. The van der Waals surface area contributed by atoms with Crippen molar-refractivity contribution in [2.24, 2.45) is 21.3 Å². The van der Waals surface area contributed by atoms with Crippen LogP contribution in [0.1, 0.15) is 12.0 Å². The summed E-state index contributed by atoms with van der Waals surface area (Å²) in [5.74, 6) is 4.47. The molecular weight excluding hydrogens is 512 g/mol. The van der Waals surface area contributed by atoms with Crippen LogP contribution >= 0.6 is 0 Å². The first-order valence-corrected chi connectivity index (χ1v) is 13.5. The number of aromatic nitrogens is 2. The molecule has 36 heavy (non-hydrogen) atoms. The van der Waals surface area contributed by atoms with E-state index in [1.165, 1.54) is 6.07 Å². The van der Waals surface area contributed by atoms with Gasteiger partial charge in [-0.3, -0.25) is 5.41 Å². The van der Waals surface area contributed by atoms with Gasteiger partial charge in [0.1, 0.15) is 9.79 Å². The van der Waals surface area contributed by atoms with Gasteiger partial charge in [0.15, 0.2) is 11.8 Å². The van der Waals surface area contributed by atoms with E-state index in [0.717, 1.165) is 6.07 Å². The van der Waals surface area contributed by atoms with Crippen LogP contribution in [0.2, 0.25) is 0 Å². The molecule has 17 heteroatoms. The van der Waals surface area contributed by atoms with Crippen molar-refractivity contribution in [2.75, 3.05) is 18.9 Å². The number of H-pyrrole nitrogens is 1. The zero-order valence-corrected chi connectivity index (χ0v) is 20.3. The fraction of sp³-hybridized carbons (Fsp3) is 0.263. The molecule has 1 fully saturated rings. The summed E-state index contributed by atoms with van der Waals surface area (Å²) in [5.41, 5.74) is 6.64. The van der Waals surface area contributed by atoms with Crippen molar-refractivity contribution in [1.82, 2.24) is 20.0 Å². The highest BCUT2D eigenvalue weighted by molar-refractivity contribution is 7.92. The van der Waals surface area contributed by atoms with Gasteiger partial charge in [-0.2, -0.15) is 0 Å². The Hall–Kier alpha value is -3.48. The molecule has 0 saturated carbocycles. The Bertz CT molecular complexity index is 1580. The zero-order chi connectivity index (χ0) is 26.3. The van der Waals surface area contributed by atoms with Gasteiger partial charge in [0.2, 0.25) is 20.0 Å². The number of para-hydroxylation sites is 1. The molecule has 1 saturated heterocycles. The number of aromatic amines is 1. The first-order valence-electron chi connectivity index (χ1n) is 10.5. The fourth-order valence-corrected chi connectivity index (χ4v) is 7.08. The molecule has 11 N–H and O–H groups in total. The number of aliphatic hydroxyl groups is 1. The number of rotatable bonds is 7. The predicted molar refractivity (Wildman–Crippen MR) is 131 cm³/mol. The van der Waals surface area contributed by atoms with Crippen LogP contribution in [0.5, 0.6) is 0 Å². The van der Waals surface area contributed by atoms with Gasteiger partial charge in [-0.15, -0.1) is 5.11 Å². The monoisotopic (exact) mass is 536 g/mol. The van der Waals surface area contributed by atoms with Crippen LogP contribution in [0.3, 0.4) is 0 Å². The second-order valence-electron chi connectivity index (χ2n) is 8.09. The van der Waals surface area contributed by atoms with E-state index in [1.54, 1.807) is 18.2 Å². The van der Waals surface area contributed by atoms with Gasteiger partial charge in [0, 0.05) is 29.8 Å². The molecule has 0 bridgehead atoms. The fourth-order valence-electron chi connectivity index (χ4n) is 4.22. The molecule has 0 amide bonds. The number of imidazole rings is 1. The van der Waals surface area contributed by atoms with E-state index in [-0.39, 0.29) is 37.1 Å². The molecule has 1 aromatic heterocycles. The highest BCUT2D eigenvalue weighted by Gasteiger charge is 2.35. The van der Waals surface area contributed by atoms with E-state index in [0.29, 0.717) is 16.6 Å². The molecule has 2 aromatic carbocycles. The lowest BCUT2D eigenvalue weighted by atomic mass is 9.97. The Balaban J connectivity index is 1.98. The average molecular weight is 537 g/mol. The molecule has 192 valence electrons. The number of sulfonamides is 2. The Labute approximate surface area is 205 Å². The standard InChI is InChI=1S/C19H24N10O5S2/c20-18(27-29-22)15-11(12-2-1-3-13-16(12)26-19(21)25-13)4-5-14(17(15)35(23,31)32)36(33,34)28-9-6-10(8-30)24-7-9/h1-5,9-10,24,28,30H,6-8H2,(H3,20,22,27)(H3,21,25,26)(H2,23,31,32)/t9-,10-/m1/s1. The number of hydrogen-bond donors (Lipinski definition) is 8. The van der Waals surface area contributed by atoms with Gasteiger partial charge in [0.25, 0.3) is 0 Å². The van der Waals surface area contributed by atoms with Crippen molar-refractivity contribution >= 4 is 42.9 Å². The largest absolute Gasteiger partial charge is 0.395 e. The zero-order valence-electron chi connectivity index (χ0n) is 18.6. The number of aliphatic hydroxyl groups excluding tert-OH is 1. The number of amidine groups is 1. The second-order valence-corrected chi connectivity index (χ2v) is 11.3. The Morgan fingerprint density at radius 1 is 1.22 bits per heavy atom. The number of anilines is 1. The van der Waals surface area contributed by atoms with E-state index in [4.69, 9.17) is 22.1 Å². The van der Waals surface area contributed by atoms with Crippen LogP contribution in [0.25, 0.3) is 22.2 Å². The van der Waals surface area contributed by atoms with Crippen molar-refractivity contribution in [1.29, 1.82) is 5.41 Å². The summed E-state index contributed by atoms with van der Waals surface area (Å²) < 4.78 is 54.7. The minimum absolute atomic E-state index is 0.0929. The smallest absolute Gasteiger partial charge is 0.242 e. The summed E-state index contributed by atoms with van der Waals surface area (Å²) in [6, 6.07) is 6.39. The Kier molecular flexibility index (Phi) is 6.78. The van der Waals surface area contributed by atoms with E-state index in [2.05, 4.69) is 30.3 Å². The molecule has 4 rings (SSSR count). The third-order valence-electron chi connectivity index (χ3n) is 5.68. The first kappa shape index (κ1) is 25.6. The number of nitrogens with one attached hydrogen (secondary N) is 4. The quantitative estimate of drug-likeness (QED) is 0.0610. The maximum absolute atomic E-state index is 13.3. The van der Waals surface area contributed by atoms with Gasteiger partial charge in [-0.25, -0.2) is 31.7 Å². The second kappa shape index (κ2) is 9.52. The van der Waals surface area contributed by atoms with Crippen molar-refractivity contribution in [3.63, 3.8) is 0 Å². The Morgan fingerprint density at radius 3 is 2.61 bits per heavy atom. The van der Waals surface area contributed by atoms with E-state index >= 15 is 0 Å². The van der Waals surface area contributed by atoms with Gasteiger partial charge in [-0.1, -0.05) is 23.4 Å². The van der Waals surface area contributed by atoms with Crippen LogP contribution in [0.15, 0.2) is 50.5 Å². The number of nitrogens with two attached hydrogens (primary N) is 3. The van der Waals surface area contributed by atoms with Crippen LogP contribution in [-0.4, -0.2) is 63.0 Å². The van der Waals surface area contributed by atoms with Crippen molar-refractivity contribution in [2.45, 2.75) is 28.3 Å². The summed E-state index contributed by atoms with van der Waals surface area (Å²) in [4.78, 5) is 5.54.